The van der Waals surface area contributed by atoms with Gasteiger partial charge >= 0.3 is 0 Å². The van der Waals surface area contributed by atoms with E-state index in [1.54, 1.807) is 0 Å². The molecule has 2 aliphatic rings. The molecule has 0 bridgehead atoms. The molecule has 1 aromatic rings. The molecule has 3 rings (SSSR count). The Hall–Kier alpha value is -0.860. The molecular formula is C15H21NO. The minimum absolute atomic E-state index is 0.304. The molecule has 0 spiro atoms. The molecule has 1 aromatic carbocycles. The van der Waals surface area contributed by atoms with Crippen LogP contribution < -0.4 is 5.73 Å². The van der Waals surface area contributed by atoms with Crippen molar-refractivity contribution in [2.75, 3.05) is 6.61 Å². The van der Waals surface area contributed by atoms with Gasteiger partial charge in [0.2, 0.25) is 0 Å². The van der Waals surface area contributed by atoms with E-state index in [-0.39, 0.29) is 0 Å². The molecule has 1 heterocycles. The Morgan fingerprint density at radius 1 is 1.41 bits per heavy atom. The second kappa shape index (κ2) is 4.43. The van der Waals surface area contributed by atoms with Gasteiger partial charge in [-0.2, -0.15) is 0 Å². The molecule has 1 aliphatic heterocycles. The normalized spacial score (nSPS) is 32.9. The molecule has 2 nitrogen and oxygen atoms in total. The number of rotatable bonds is 3. The fourth-order valence-corrected chi connectivity index (χ4v) is 3.24. The Balaban J connectivity index is 1.59. The molecule has 0 aromatic heterocycles. The quantitative estimate of drug-likeness (QED) is 0.867. The van der Waals surface area contributed by atoms with Gasteiger partial charge in [-0.1, -0.05) is 24.3 Å². The van der Waals surface area contributed by atoms with Gasteiger partial charge in [0.15, 0.2) is 0 Å². The van der Waals surface area contributed by atoms with Crippen LogP contribution in [0.2, 0.25) is 0 Å². The number of hydrogen-bond donors (Lipinski definition) is 1. The molecule has 92 valence electrons. The van der Waals surface area contributed by atoms with Gasteiger partial charge in [-0.3, -0.25) is 0 Å². The van der Waals surface area contributed by atoms with E-state index in [0.29, 0.717) is 24.0 Å². The average molecular weight is 231 g/mol. The lowest BCUT2D eigenvalue weighted by Gasteiger charge is -2.33. The largest absolute Gasteiger partial charge is 0.378 e. The summed E-state index contributed by atoms with van der Waals surface area (Å²) in [7, 11) is 0. The summed E-state index contributed by atoms with van der Waals surface area (Å²) in [5.41, 5.74) is 9.37. The molecule has 0 saturated carbocycles. The van der Waals surface area contributed by atoms with Gasteiger partial charge in [-0.25, -0.2) is 0 Å². The highest BCUT2D eigenvalue weighted by molar-refractivity contribution is 5.39. The van der Waals surface area contributed by atoms with Crippen molar-refractivity contribution in [3.05, 3.63) is 35.4 Å². The van der Waals surface area contributed by atoms with Crippen molar-refractivity contribution in [1.29, 1.82) is 0 Å². The molecule has 1 saturated heterocycles. The maximum Gasteiger partial charge on any atom is 0.0551 e. The molecule has 17 heavy (non-hydrogen) atoms. The Labute approximate surface area is 103 Å². The van der Waals surface area contributed by atoms with E-state index in [9.17, 15) is 0 Å². The van der Waals surface area contributed by atoms with E-state index in [1.165, 1.54) is 17.5 Å². The van der Waals surface area contributed by atoms with Gasteiger partial charge in [0, 0.05) is 6.04 Å². The van der Waals surface area contributed by atoms with Crippen LogP contribution in [0, 0.1) is 5.92 Å². The predicted octanol–water partition coefficient (Wildman–Crippen LogP) is 2.47. The lowest BCUT2D eigenvalue weighted by atomic mass is 9.73. The Morgan fingerprint density at radius 3 is 2.94 bits per heavy atom. The number of nitrogens with two attached hydrogens (primary N) is 1. The fraction of sp³-hybridized carbons (Fsp3) is 0.600. The zero-order valence-corrected chi connectivity index (χ0v) is 10.4. The number of hydrogen-bond acceptors (Lipinski definition) is 2. The monoisotopic (exact) mass is 231 g/mol. The molecule has 1 fully saturated rings. The first kappa shape index (κ1) is 11.2. The zero-order chi connectivity index (χ0) is 11.8. The summed E-state index contributed by atoms with van der Waals surface area (Å²) in [6.45, 7) is 3.00. The number of ether oxygens (including phenoxy) is 1. The number of benzene rings is 1. The maximum absolute atomic E-state index is 6.33. The van der Waals surface area contributed by atoms with Crippen molar-refractivity contribution in [3.63, 3.8) is 0 Å². The van der Waals surface area contributed by atoms with Crippen LogP contribution in [0.15, 0.2) is 24.3 Å². The second-order valence-electron chi connectivity index (χ2n) is 5.64. The minimum atomic E-state index is 0.304. The smallest absolute Gasteiger partial charge is 0.0551 e. The third kappa shape index (κ3) is 2.12. The Bertz CT molecular complexity index is 404. The van der Waals surface area contributed by atoms with E-state index in [1.807, 2.05) is 0 Å². The van der Waals surface area contributed by atoms with Crippen molar-refractivity contribution in [2.45, 2.75) is 44.2 Å². The maximum atomic E-state index is 6.33. The highest BCUT2D eigenvalue weighted by Gasteiger charge is 2.32. The van der Waals surface area contributed by atoms with Gasteiger partial charge in [-0.05, 0) is 49.1 Å². The highest BCUT2D eigenvalue weighted by Crippen LogP contribution is 2.39. The van der Waals surface area contributed by atoms with Gasteiger partial charge < -0.3 is 10.5 Å². The van der Waals surface area contributed by atoms with Crippen molar-refractivity contribution < 1.29 is 4.74 Å². The third-order valence-electron chi connectivity index (χ3n) is 4.35. The van der Waals surface area contributed by atoms with Crippen molar-refractivity contribution in [1.82, 2.24) is 0 Å². The predicted molar refractivity (Wildman–Crippen MR) is 69.0 cm³/mol. The number of fused-ring (bicyclic) bond motifs is 1. The van der Waals surface area contributed by atoms with E-state index in [2.05, 4.69) is 31.2 Å². The van der Waals surface area contributed by atoms with E-state index < -0.39 is 0 Å². The summed E-state index contributed by atoms with van der Waals surface area (Å²) < 4.78 is 5.61. The van der Waals surface area contributed by atoms with Crippen LogP contribution in [0.1, 0.15) is 36.8 Å². The lowest BCUT2D eigenvalue weighted by Crippen LogP contribution is -2.34. The van der Waals surface area contributed by atoms with E-state index in [0.717, 1.165) is 19.4 Å². The summed E-state index contributed by atoms with van der Waals surface area (Å²) in [5.74, 6) is 1.26. The molecule has 4 unspecified atom stereocenters. The van der Waals surface area contributed by atoms with Crippen LogP contribution in [0.4, 0.5) is 0 Å². The molecular weight excluding hydrogens is 210 g/mol. The van der Waals surface area contributed by atoms with Gasteiger partial charge in [0.25, 0.3) is 0 Å². The summed E-state index contributed by atoms with van der Waals surface area (Å²) >= 11 is 0. The highest BCUT2D eigenvalue weighted by atomic mass is 16.5. The van der Waals surface area contributed by atoms with E-state index >= 15 is 0 Å². The third-order valence-corrected chi connectivity index (χ3v) is 4.35. The molecule has 4 atom stereocenters. The summed E-state index contributed by atoms with van der Waals surface area (Å²) in [6, 6.07) is 9.05. The Kier molecular flexibility index (Phi) is 2.93. The van der Waals surface area contributed by atoms with Crippen LogP contribution in [0.3, 0.4) is 0 Å². The Morgan fingerprint density at radius 2 is 2.24 bits per heavy atom. The SMILES string of the molecule is CC1CC(C(N)CC2Cc3ccccc32)CO1. The first-order valence-corrected chi connectivity index (χ1v) is 6.69. The summed E-state index contributed by atoms with van der Waals surface area (Å²) in [4.78, 5) is 0. The van der Waals surface area contributed by atoms with Crippen LogP contribution in [0.5, 0.6) is 0 Å². The fourth-order valence-electron chi connectivity index (χ4n) is 3.24. The standard InChI is InChI=1S/C15H21NO/c1-10-6-13(9-17-10)15(16)8-12-7-11-4-2-3-5-14(11)12/h2-5,10,12-13,15H,6-9,16H2,1H3. The second-order valence-corrected chi connectivity index (χ2v) is 5.64. The van der Waals surface area contributed by atoms with Crippen LogP contribution >= 0.6 is 0 Å². The average Bonchev–Trinajstić information content (AvgIpc) is 2.73. The molecule has 2 N–H and O–H groups in total. The van der Waals surface area contributed by atoms with Gasteiger partial charge in [0.05, 0.1) is 12.7 Å². The zero-order valence-electron chi connectivity index (χ0n) is 10.4. The topological polar surface area (TPSA) is 35.2 Å². The van der Waals surface area contributed by atoms with Crippen LogP contribution in [-0.2, 0) is 11.2 Å². The van der Waals surface area contributed by atoms with Crippen molar-refractivity contribution in [3.8, 4) is 0 Å². The minimum Gasteiger partial charge on any atom is -0.378 e. The molecule has 1 aliphatic carbocycles. The summed E-state index contributed by atoms with van der Waals surface area (Å²) in [5, 5.41) is 0. The van der Waals surface area contributed by atoms with Crippen molar-refractivity contribution >= 4 is 0 Å². The summed E-state index contributed by atoms with van der Waals surface area (Å²) in [6.07, 6.45) is 3.88. The van der Waals surface area contributed by atoms with Crippen LogP contribution in [0.25, 0.3) is 0 Å². The molecule has 2 heteroatoms. The first-order chi connectivity index (χ1) is 8.24. The van der Waals surface area contributed by atoms with Crippen molar-refractivity contribution in [2.24, 2.45) is 11.7 Å². The van der Waals surface area contributed by atoms with Crippen LogP contribution in [-0.4, -0.2) is 18.8 Å². The molecule has 0 radical (unpaired) electrons. The first-order valence-electron chi connectivity index (χ1n) is 6.69. The van der Waals surface area contributed by atoms with E-state index in [4.69, 9.17) is 10.5 Å². The van der Waals surface area contributed by atoms with Gasteiger partial charge in [-0.15, -0.1) is 0 Å². The van der Waals surface area contributed by atoms with Gasteiger partial charge in [0.1, 0.15) is 0 Å². The molecule has 0 amide bonds. The lowest BCUT2D eigenvalue weighted by molar-refractivity contribution is 0.117.